The van der Waals surface area contributed by atoms with Crippen LogP contribution < -0.4 is 0 Å². The van der Waals surface area contributed by atoms with Crippen molar-refractivity contribution in [3.63, 3.8) is 0 Å². The molecule has 3 rings (SSSR count). The number of esters is 1. The number of fused-ring (bicyclic) bond motifs is 1. The minimum Gasteiger partial charge on any atom is -0.461 e. The second-order valence-electron chi connectivity index (χ2n) is 4.69. The fraction of sp³-hybridized carbons (Fsp3) is 0.111. The van der Waals surface area contributed by atoms with Gasteiger partial charge in [-0.3, -0.25) is 0 Å². The van der Waals surface area contributed by atoms with Crippen molar-refractivity contribution in [3.05, 3.63) is 72.3 Å². The lowest BCUT2D eigenvalue weighted by molar-refractivity contribution is 0.0513. The number of hydrogen-bond donors (Lipinski definition) is 0. The molecule has 0 aliphatic heterocycles. The maximum atomic E-state index is 11.9. The van der Waals surface area contributed by atoms with Gasteiger partial charge in [0.15, 0.2) is 0 Å². The van der Waals surface area contributed by atoms with Gasteiger partial charge in [0, 0.05) is 18.2 Å². The third kappa shape index (κ3) is 3.33. The molecule has 108 valence electrons. The second kappa shape index (κ2) is 6.59. The Bertz CT molecular complexity index is 841. The van der Waals surface area contributed by atoms with Crippen LogP contribution in [-0.2, 0) is 4.74 Å². The van der Waals surface area contributed by atoms with Gasteiger partial charge in [-0.2, -0.15) is 0 Å². The van der Waals surface area contributed by atoms with E-state index in [0.29, 0.717) is 12.0 Å². The van der Waals surface area contributed by atoms with Gasteiger partial charge in [-0.1, -0.05) is 30.0 Å². The molecule has 0 N–H and O–H groups in total. The summed E-state index contributed by atoms with van der Waals surface area (Å²) in [5.41, 5.74) is 2.34. The van der Waals surface area contributed by atoms with Crippen LogP contribution in [0.15, 0.2) is 61.2 Å². The molecule has 2 aromatic heterocycles. The third-order valence-electron chi connectivity index (χ3n) is 3.12. The Labute approximate surface area is 128 Å². The number of carbonyl (C=O) groups excluding carboxylic acids is 1. The maximum absolute atomic E-state index is 11.9. The van der Waals surface area contributed by atoms with Gasteiger partial charge >= 0.3 is 5.97 Å². The van der Waals surface area contributed by atoms with Gasteiger partial charge in [0.2, 0.25) is 0 Å². The number of aromatic nitrogens is 2. The number of nitrogens with zero attached hydrogens (tertiary/aromatic N) is 2. The number of pyridine rings is 1. The summed E-state index contributed by atoms with van der Waals surface area (Å²) >= 11 is 0. The summed E-state index contributed by atoms with van der Waals surface area (Å²) in [5.74, 6) is 5.68. The predicted octanol–water partition coefficient (Wildman–Crippen LogP) is 2.93. The zero-order valence-electron chi connectivity index (χ0n) is 11.9. The van der Waals surface area contributed by atoms with E-state index < -0.39 is 0 Å². The number of hydrogen-bond acceptors (Lipinski definition) is 3. The van der Waals surface area contributed by atoms with E-state index in [2.05, 4.69) is 16.8 Å². The van der Waals surface area contributed by atoms with Gasteiger partial charge in [0.05, 0.1) is 23.6 Å². The molecule has 0 bridgehead atoms. The van der Waals surface area contributed by atoms with Crippen LogP contribution in [0.4, 0.5) is 0 Å². The summed E-state index contributed by atoms with van der Waals surface area (Å²) in [5, 5.41) is 0. The van der Waals surface area contributed by atoms with Crippen LogP contribution in [0.2, 0.25) is 0 Å². The van der Waals surface area contributed by atoms with Crippen molar-refractivity contribution in [2.75, 3.05) is 6.61 Å². The van der Waals surface area contributed by atoms with Gasteiger partial charge < -0.3 is 9.14 Å². The van der Waals surface area contributed by atoms with Crippen molar-refractivity contribution in [1.29, 1.82) is 0 Å². The van der Waals surface area contributed by atoms with Crippen LogP contribution in [0.3, 0.4) is 0 Å². The van der Waals surface area contributed by atoms with Gasteiger partial charge in [-0.05, 0) is 24.3 Å². The van der Waals surface area contributed by atoms with Gasteiger partial charge in [0.1, 0.15) is 6.61 Å². The zero-order chi connectivity index (χ0) is 15.2. The Morgan fingerprint density at radius 2 is 2.09 bits per heavy atom. The summed E-state index contributed by atoms with van der Waals surface area (Å²) in [4.78, 5) is 16.0. The molecule has 1 aromatic carbocycles. The Kier molecular flexibility index (Phi) is 4.17. The minimum atomic E-state index is -0.342. The van der Waals surface area contributed by atoms with E-state index in [1.54, 1.807) is 30.9 Å². The maximum Gasteiger partial charge on any atom is 0.338 e. The highest BCUT2D eigenvalue weighted by Crippen LogP contribution is 2.08. The Morgan fingerprint density at radius 1 is 1.23 bits per heavy atom. The van der Waals surface area contributed by atoms with E-state index in [-0.39, 0.29) is 12.6 Å². The quantitative estimate of drug-likeness (QED) is 0.423. The molecule has 0 saturated heterocycles. The molecule has 2 heterocycles. The highest BCUT2D eigenvalue weighted by atomic mass is 16.5. The fourth-order valence-corrected chi connectivity index (χ4v) is 2.01. The minimum absolute atomic E-state index is 0.281. The third-order valence-corrected chi connectivity index (χ3v) is 3.12. The topological polar surface area (TPSA) is 43.6 Å². The Hall–Kier alpha value is -3.06. The molecule has 0 aliphatic carbocycles. The predicted molar refractivity (Wildman–Crippen MR) is 83.4 cm³/mol. The van der Waals surface area contributed by atoms with Gasteiger partial charge in [-0.15, -0.1) is 0 Å². The average Bonchev–Trinajstić information content (AvgIpc) is 3.03. The molecule has 4 nitrogen and oxygen atoms in total. The highest BCUT2D eigenvalue weighted by molar-refractivity contribution is 5.90. The lowest BCUT2D eigenvalue weighted by Gasteiger charge is -2.03. The summed E-state index contributed by atoms with van der Waals surface area (Å²) < 4.78 is 7.06. The first kappa shape index (κ1) is 13.9. The molecule has 3 aromatic rings. The molecule has 0 aliphatic rings. The molecule has 0 saturated carbocycles. The molecule has 0 fully saturated rings. The summed E-state index contributed by atoms with van der Waals surface area (Å²) in [6, 6.07) is 13.2. The number of ether oxygens (including phenoxy) is 1. The van der Waals surface area contributed by atoms with Crippen molar-refractivity contribution >= 4 is 11.5 Å². The van der Waals surface area contributed by atoms with Crippen molar-refractivity contribution in [2.24, 2.45) is 0 Å². The fourth-order valence-electron chi connectivity index (χ4n) is 2.01. The van der Waals surface area contributed by atoms with Crippen LogP contribution in [0.25, 0.3) is 5.52 Å². The lowest BCUT2D eigenvalue weighted by atomic mass is 10.2. The van der Waals surface area contributed by atoms with Crippen molar-refractivity contribution in [1.82, 2.24) is 9.38 Å². The monoisotopic (exact) mass is 290 g/mol. The zero-order valence-corrected chi connectivity index (χ0v) is 11.9. The molecule has 0 radical (unpaired) electrons. The number of imidazole rings is 1. The average molecular weight is 290 g/mol. The first-order valence-corrected chi connectivity index (χ1v) is 6.96. The second-order valence-corrected chi connectivity index (χ2v) is 4.69. The lowest BCUT2D eigenvalue weighted by Crippen LogP contribution is -2.06. The molecular weight excluding hydrogens is 276 g/mol. The summed E-state index contributed by atoms with van der Waals surface area (Å²) in [6.07, 6.45) is 5.68. The Morgan fingerprint density at radius 3 is 2.95 bits per heavy atom. The van der Waals surface area contributed by atoms with E-state index in [1.165, 1.54) is 0 Å². The summed E-state index contributed by atoms with van der Waals surface area (Å²) in [6.45, 7) is 0.281. The van der Waals surface area contributed by atoms with Crippen LogP contribution in [0.5, 0.6) is 0 Å². The van der Waals surface area contributed by atoms with E-state index in [1.807, 2.05) is 34.7 Å². The molecule has 0 atom stereocenters. The van der Waals surface area contributed by atoms with Crippen LogP contribution in [0, 0.1) is 11.8 Å². The molecule has 0 amide bonds. The Balaban J connectivity index is 1.53. The molecule has 22 heavy (non-hydrogen) atoms. The van der Waals surface area contributed by atoms with Crippen LogP contribution in [-0.4, -0.2) is 22.0 Å². The van der Waals surface area contributed by atoms with Gasteiger partial charge in [0.25, 0.3) is 0 Å². The van der Waals surface area contributed by atoms with E-state index in [0.717, 1.165) is 11.1 Å². The van der Waals surface area contributed by atoms with Crippen molar-refractivity contribution in [2.45, 2.75) is 6.42 Å². The molecule has 0 unspecified atom stereocenters. The smallest absolute Gasteiger partial charge is 0.338 e. The molecular formula is C18H14N2O2. The standard InChI is InChI=1S/C18H14N2O2/c21-18(16-9-10-20-14-19-13-17(20)12-16)22-11-5-4-8-15-6-2-1-3-7-15/h1-3,6-7,9-10,12-14H,5,11H2. The number of rotatable bonds is 3. The normalized spacial score (nSPS) is 10.0. The molecule has 0 spiro atoms. The first-order chi connectivity index (χ1) is 10.8. The van der Waals surface area contributed by atoms with E-state index in [9.17, 15) is 4.79 Å². The van der Waals surface area contributed by atoms with Crippen molar-refractivity contribution < 1.29 is 9.53 Å². The van der Waals surface area contributed by atoms with Crippen LogP contribution in [0.1, 0.15) is 22.3 Å². The highest BCUT2D eigenvalue weighted by Gasteiger charge is 2.07. The number of benzene rings is 1. The number of carbonyl (C=O) groups is 1. The SMILES string of the molecule is O=C(OCCC#Cc1ccccc1)c1ccn2cncc2c1. The van der Waals surface area contributed by atoms with E-state index in [4.69, 9.17) is 4.74 Å². The van der Waals surface area contributed by atoms with Crippen LogP contribution >= 0.6 is 0 Å². The molecule has 4 heteroatoms. The summed E-state index contributed by atoms with van der Waals surface area (Å²) in [7, 11) is 0. The first-order valence-electron chi connectivity index (χ1n) is 6.96. The largest absolute Gasteiger partial charge is 0.461 e. The van der Waals surface area contributed by atoms with Crippen molar-refractivity contribution in [3.8, 4) is 11.8 Å². The van der Waals surface area contributed by atoms with E-state index >= 15 is 0 Å². The van der Waals surface area contributed by atoms with Gasteiger partial charge in [-0.25, -0.2) is 9.78 Å².